The maximum atomic E-state index is 5.64. The Labute approximate surface area is 67.5 Å². The Hall–Kier alpha value is -0.890. The molecule has 2 nitrogen and oxygen atoms in total. The van der Waals surface area contributed by atoms with Gasteiger partial charge in [-0.2, -0.15) is 0 Å². The fourth-order valence-electron chi connectivity index (χ4n) is 0.914. The van der Waals surface area contributed by atoms with Crippen molar-refractivity contribution in [3.05, 3.63) is 29.6 Å². The van der Waals surface area contributed by atoms with Gasteiger partial charge >= 0.3 is 0 Å². The average Bonchev–Trinajstić information content (AvgIpc) is 2.05. The molecule has 2 heteroatoms. The van der Waals surface area contributed by atoms with Crippen LogP contribution in [0, 0.1) is 0 Å². The molecule has 0 saturated heterocycles. The molecule has 2 N–H and O–H groups in total. The van der Waals surface area contributed by atoms with Crippen molar-refractivity contribution >= 4 is 0 Å². The highest BCUT2D eigenvalue weighted by atomic mass is 14.8. The summed E-state index contributed by atoms with van der Waals surface area (Å²) < 4.78 is 0. The Bertz CT molecular complexity index is 214. The van der Waals surface area contributed by atoms with Crippen LogP contribution in [0.5, 0.6) is 0 Å². The van der Waals surface area contributed by atoms with Crippen molar-refractivity contribution in [2.24, 2.45) is 5.73 Å². The zero-order valence-corrected chi connectivity index (χ0v) is 7.04. The second kappa shape index (κ2) is 3.49. The van der Waals surface area contributed by atoms with E-state index in [1.807, 2.05) is 19.2 Å². The normalized spacial score (nSPS) is 13.0. The predicted molar refractivity (Wildman–Crippen MR) is 46.2 cm³/mol. The van der Waals surface area contributed by atoms with Gasteiger partial charge in [-0.1, -0.05) is 13.0 Å². The second-order valence-electron chi connectivity index (χ2n) is 2.73. The second-order valence-corrected chi connectivity index (χ2v) is 2.73. The van der Waals surface area contributed by atoms with E-state index in [2.05, 4.69) is 18.0 Å². The zero-order chi connectivity index (χ0) is 8.27. The van der Waals surface area contributed by atoms with Gasteiger partial charge < -0.3 is 5.73 Å². The first-order valence-corrected chi connectivity index (χ1v) is 3.94. The molecule has 0 aliphatic carbocycles. The quantitative estimate of drug-likeness (QED) is 0.696. The van der Waals surface area contributed by atoms with Crippen LogP contribution in [-0.4, -0.2) is 4.98 Å². The third kappa shape index (κ3) is 2.02. The molecule has 0 radical (unpaired) electrons. The number of pyridine rings is 1. The lowest BCUT2D eigenvalue weighted by atomic mass is 10.2. The topological polar surface area (TPSA) is 38.9 Å². The molecule has 0 aliphatic rings. The third-order valence-corrected chi connectivity index (χ3v) is 1.72. The lowest BCUT2D eigenvalue weighted by molar-refractivity contribution is 0.778. The van der Waals surface area contributed by atoms with Crippen LogP contribution in [-0.2, 0) is 6.42 Å². The summed E-state index contributed by atoms with van der Waals surface area (Å²) in [5, 5.41) is 0. The maximum absolute atomic E-state index is 5.64. The summed E-state index contributed by atoms with van der Waals surface area (Å²) >= 11 is 0. The van der Waals surface area contributed by atoms with Crippen LogP contribution in [0.1, 0.15) is 31.1 Å². The molecule has 0 spiro atoms. The number of aromatic nitrogens is 1. The monoisotopic (exact) mass is 150 g/mol. The minimum Gasteiger partial charge on any atom is -0.323 e. The van der Waals surface area contributed by atoms with Crippen molar-refractivity contribution in [3.63, 3.8) is 0 Å². The Morgan fingerprint density at radius 3 is 2.64 bits per heavy atom. The van der Waals surface area contributed by atoms with Gasteiger partial charge in [0.1, 0.15) is 0 Å². The zero-order valence-electron chi connectivity index (χ0n) is 7.04. The van der Waals surface area contributed by atoms with E-state index in [0.717, 1.165) is 12.1 Å². The van der Waals surface area contributed by atoms with Gasteiger partial charge in [-0.25, -0.2) is 0 Å². The van der Waals surface area contributed by atoms with Gasteiger partial charge in [-0.3, -0.25) is 4.98 Å². The molecule has 0 fully saturated rings. The van der Waals surface area contributed by atoms with E-state index in [0.29, 0.717) is 0 Å². The van der Waals surface area contributed by atoms with E-state index in [1.165, 1.54) is 5.56 Å². The van der Waals surface area contributed by atoms with Crippen LogP contribution < -0.4 is 5.73 Å². The Morgan fingerprint density at radius 1 is 1.55 bits per heavy atom. The van der Waals surface area contributed by atoms with Crippen molar-refractivity contribution in [1.82, 2.24) is 4.98 Å². The number of nitrogens with two attached hydrogens (primary N) is 1. The van der Waals surface area contributed by atoms with Gasteiger partial charge in [0.05, 0.1) is 5.69 Å². The summed E-state index contributed by atoms with van der Waals surface area (Å²) in [6.45, 7) is 4.05. The fourth-order valence-corrected chi connectivity index (χ4v) is 0.914. The largest absolute Gasteiger partial charge is 0.323 e. The van der Waals surface area contributed by atoms with Crippen molar-refractivity contribution in [1.29, 1.82) is 0 Å². The Balaban J connectivity index is 2.83. The first kappa shape index (κ1) is 8.21. The summed E-state index contributed by atoms with van der Waals surface area (Å²) in [7, 11) is 0. The number of aryl methyl sites for hydroxylation is 1. The lowest BCUT2D eigenvalue weighted by Crippen LogP contribution is -2.06. The molecule has 1 heterocycles. The molecule has 0 aromatic carbocycles. The first-order chi connectivity index (χ1) is 5.24. The molecule has 1 aromatic heterocycles. The highest BCUT2D eigenvalue weighted by Crippen LogP contribution is 2.06. The molecule has 0 saturated carbocycles. The first-order valence-electron chi connectivity index (χ1n) is 3.94. The van der Waals surface area contributed by atoms with Crippen LogP contribution in [0.2, 0.25) is 0 Å². The van der Waals surface area contributed by atoms with E-state index in [1.54, 1.807) is 0 Å². The Kier molecular flexibility index (Phi) is 2.60. The standard InChI is InChI=1S/C9H14N2/c1-3-8-4-5-9(7(2)10)11-6-8/h4-7H,3,10H2,1-2H3. The van der Waals surface area contributed by atoms with Crippen molar-refractivity contribution in [2.45, 2.75) is 26.3 Å². The van der Waals surface area contributed by atoms with Crippen molar-refractivity contribution < 1.29 is 0 Å². The van der Waals surface area contributed by atoms with Crippen molar-refractivity contribution in [2.75, 3.05) is 0 Å². The molecule has 1 aromatic rings. The van der Waals surface area contributed by atoms with Crippen LogP contribution in [0.25, 0.3) is 0 Å². The molecule has 0 amide bonds. The van der Waals surface area contributed by atoms with E-state index in [9.17, 15) is 0 Å². The summed E-state index contributed by atoms with van der Waals surface area (Å²) in [5.74, 6) is 0. The van der Waals surface area contributed by atoms with Gasteiger partial charge in [0.25, 0.3) is 0 Å². The van der Waals surface area contributed by atoms with E-state index < -0.39 is 0 Å². The number of hydrogen-bond donors (Lipinski definition) is 1. The highest BCUT2D eigenvalue weighted by molar-refractivity contribution is 5.15. The number of rotatable bonds is 2. The average molecular weight is 150 g/mol. The SMILES string of the molecule is CCc1ccc(C(C)N)nc1. The smallest absolute Gasteiger partial charge is 0.0568 e. The van der Waals surface area contributed by atoms with Crippen LogP contribution >= 0.6 is 0 Å². The van der Waals surface area contributed by atoms with Crippen LogP contribution in [0.15, 0.2) is 18.3 Å². The predicted octanol–water partition coefficient (Wildman–Crippen LogP) is 1.66. The van der Waals surface area contributed by atoms with Gasteiger partial charge in [0, 0.05) is 12.2 Å². The molecular formula is C9H14N2. The summed E-state index contributed by atoms with van der Waals surface area (Å²) in [6, 6.07) is 4.11. The van der Waals surface area contributed by atoms with Gasteiger partial charge in [-0.05, 0) is 25.0 Å². The third-order valence-electron chi connectivity index (χ3n) is 1.72. The number of hydrogen-bond acceptors (Lipinski definition) is 2. The maximum Gasteiger partial charge on any atom is 0.0568 e. The van der Waals surface area contributed by atoms with Crippen LogP contribution in [0.4, 0.5) is 0 Å². The van der Waals surface area contributed by atoms with Crippen molar-refractivity contribution in [3.8, 4) is 0 Å². The van der Waals surface area contributed by atoms with Gasteiger partial charge in [-0.15, -0.1) is 0 Å². The molecule has 0 bridgehead atoms. The summed E-state index contributed by atoms with van der Waals surface area (Å²) in [5.41, 5.74) is 7.86. The van der Waals surface area contributed by atoms with E-state index in [-0.39, 0.29) is 6.04 Å². The van der Waals surface area contributed by atoms with Gasteiger partial charge in [0.2, 0.25) is 0 Å². The molecule has 0 aliphatic heterocycles. The van der Waals surface area contributed by atoms with E-state index in [4.69, 9.17) is 5.73 Å². The number of nitrogens with zero attached hydrogens (tertiary/aromatic N) is 1. The summed E-state index contributed by atoms with van der Waals surface area (Å²) in [4.78, 5) is 4.22. The minimum absolute atomic E-state index is 0.0425. The highest BCUT2D eigenvalue weighted by Gasteiger charge is 1.98. The minimum atomic E-state index is 0.0425. The molecule has 1 rings (SSSR count). The lowest BCUT2D eigenvalue weighted by Gasteiger charge is -2.03. The van der Waals surface area contributed by atoms with Crippen LogP contribution in [0.3, 0.4) is 0 Å². The molecular weight excluding hydrogens is 136 g/mol. The summed E-state index contributed by atoms with van der Waals surface area (Å²) in [6.07, 6.45) is 2.92. The molecule has 11 heavy (non-hydrogen) atoms. The molecule has 60 valence electrons. The van der Waals surface area contributed by atoms with Gasteiger partial charge in [0.15, 0.2) is 0 Å². The van der Waals surface area contributed by atoms with E-state index >= 15 is 0 Å². The fraction of sp³-hybridized carbons (Fsp3) is 0.444. The molecule has 1 unspecified atom stereocenters. The Morgan fingerprint density at radius 2 is 2.27 bits per heavy atom. The molecule has 1 atom stereocenters.